The van der Waals surface area contributed by atoms with E-state index in [4.69, 9.17) is 0 Å². The van der Waals surface area contributed by atoms with E-state index < -0.39 is 23.5 Å². The van der Waals surface area contributed by atoms with Gasteiger partial charge in [0.15, 0.2) is 0 Å². The quantitative estimate of drug-likeness (QED) is 0.610. The normalized spacial score (nSPS) is 11.9. The average molecular weight is 419 g/mol. The van der Waals surface area contributed by atoms with Crippen LogP contribution in [0, 0.1) is 12.7 Å². The molecular formula is C22H21F4N3O. The van der Waals surface area contributed by atoms with Gasteiger partial charge >= 0.3 is 6.18 Å². The standard InChI is InChI=1S/C22H21F4N3O/c1-13-17-8-7-15(22(24,25)26)10-18(17)28-19(12-29(2)3)20(13)21(30)27-11-14-5-4-6-16(23)9-14/h4-10H,11-12H2,1-3H3,(H,27,30). The first-order chi connectivity index (χ1) is 14.1. The van der Waals surface area contributed by atoms with E-state index in [1.54, 1.807) is 38.1 Å². The van der Waals surface area contributed by atoms with Crippen LogP contribution in [-0.2, 0) is 19.3 Å². The van der Waals surface area contributed by atoms with E-state index in [1.807, 2.05) is 0 Å². The van der Waals surface area contributed by atoms with Crippen LogP contribution in [0.3, 0.4) is 0 Å². The maximum Gasteiger partial charge on any atom is 0.416 e. The second-order valence-corrected chi connectivity index (χ2v) is 7.34. The number of hydrogen-bond acceptors (Lipinski definition) is 3. The van der Waals surface area contributed by atoms with Crippen molar-refractivity contribution in [1.29, 1.82) is 0 Å². The highest BCUT2D eigenvalue weighted by Gasteiger charge is 2.31. The highest BCUT2D eigenvalue weighted by atomic mass is 19.4. The molecule has 1 N–H and O–H groups in total. The second kappa shape index (κ2) is 8.39. The molecular weight excluding hydrogens is 398 g/mol. The number of aromatic nitrogens is 1. The molecule has 0 unspecified atom stereocenters. The lowest BCUT2D eigenvalue weighted by atomic mass is 9.99. The van der Waals surface area contributed by atoms with Gasteiger partial charge in [-0.15, -0.1) is 0 Å². The molecule has 0 radical (unpaired) electrons. The van der Waals surface area contributed by atoms with Crippen LogP contribution in [0.2, 0.25) is 0 Å². The summed E-state index contributed by atoms with van der Waals surface area (Å²) in [5, 5.41) is 3.23. The largest absolute Gasteiger partial charge is 0.416 e. The molecule has 0 saturated heterocycles. The van der Waals surface area contributed by atoms with E-state index in [1.165, 1.54) is 18.2 Å². The van der Waals surface area contributed by atoms with Crippen LogP contribution < -0.4 is 5.32 Å². The molecule has 0 spiro atoms. The Morgan fingerprint density at radius 3 is 2.50 bits per heavy atom. The SMILES string of the molecule is Cc1c(C(=O)NCc2cccc(F)c2)c(CN(C)C)nc2cc(C(F)(F)F)ccc12. The first-order valence-electron chi connectivity index (χ1n) is 9.24. The number of halogens is 4. The monoisotopic (exact) mass is 419 g/mol. The Kier molecular flexibility index (Phi) is 6.07. The topological polar surface area (TPSA) is 45.2 Å². The average Bonchev–Trinajstić information content (AvgIpc) is 2.65. The van der Waals surface area contributed by atoms with Crippen molar-refractivity contribution >= 4 is 16.8 Å². The van der Waals surface area contributed by atoms with Gasteiger partial charge in [0.2, 0.25) is 0 Å². The lowest BCUT2D eigenvalue weighted by Gasteiger charge is -2.18. The fraction of sp³-hybridized carbons (Fsp3) is 0.273. The molecule has 0 aliphatic rings. The van der Waals surface area contributed by atoms with E-state index in [2.05, 4.69) is 10.3 Å². The number of pyridine rings is 1. The highest BCUT2D eigenvalue weighted by molar-refractivity contribution is 6.01. The van der Waals surface area contributed by atoms with Crippen LogP contribution in [0.15, 0.2) is 42.5 Å². The van der Waals surface area contributed by atoms with Crippen LogP contribution in [0.25, 0.3) is 10.9 Å². The molecule has 1 heterocycles. The zero-order chi connectivity index (χ0) is 22.1. The Hall–Kier alpha value is -3.00. The number of alkyl halides is 3. The Morgan fingerprint density at radius 2 is 1.87 bits per heavy atom. The van der Waals surface area contributed by atoms with Crippen molar-refractivity contribution in [2.24, 2.45) is 0 Å². The molecule has 0 atom stereocenters. The molecule has 0 bridgehead atoms. The van der Waals surface area contributed by atoms with Gasteiger partial charge in [-0.1, -0.05) is 18.2 Å². The molecule has 1 amide bonds. The maximum atomic E-state index is 13.4. The molecule has 4 nitrogen and oxygen atoms in total. The van der Waals surface area contributed by atoms with Crippen molar-refractivity contribution < 1.29 is 22.4 Å². The summed E-state index contributed by atoms with van der Waals surface area (Å²) < 4.78 is 52.7. The third-order valence-electron chi connectivity index (χ3n) is 4.68. The molecule has 30 heavy (non-hydrogen) atoms. The first kappa shape index (κ1) is 21.7. The van der Waals surface area contributed by atoms with Gasteiger partial charge in [0.1, 0.15) is 5.82 Å². The van der Waals surface area contributed by atoms with Gasteiger partial charge in [-0.05, 0) is 56.4 Å². The number of nitrogens with zero attached hydrogens (tertiary/aromatic N) is 2. The van der Waals surface area contributed by atoms with Crippen LogP contribution >= 0.6 is 0 Å². The van der Waals surface area contributed by atoms with Crippen LogP contribution in [-0.4, -0.2) is 29.9 Å². The number of carbonyl (C=O) groups excluding carboxylic acids is 1. The lowest BCUT2D eigenvalue weighted by Crippen LogP contribution is -2.27. The first-order valence-corrected chi connectivity index (χ1v) is 9.24. The second-order valence-electron chi connectivity index (χ2n) is 7.34. The summed E-state index contributed by atoms with van der Waals surface area (Å²) in [5.41, 5.74) is 1.22. The predicted molar refractivity (Wildman–Crippen MR) is 106 cm³/mol. The van der Waals surface area contributed by atoms with Crippen LogP contribution in [0.4, 0.5) is 17.6 Å². The predicted octanol–water partition coefficient (Wildman–Crippen LogP) is 4.69. The molecule has 158 valence electrons. The lowest BCUT2D eigenvalue weighted by molar-refractivity contribution is -0.137. The smallest absolute Gasteiger partial charge is 0.348 e. The number of rotatable bonds is 5. The summed E-state index contributed by atoms with van der Waals surface area (Å²) in [6.45, 7) is 2.08. The maximum absolute atomic E-state index is 13.4. The van der Waals surface area contributed by atoms with E-state index >= 15 is 0 Å². The minimum Gasteiger partial charge on any atom is -0.348 e. The Morgan fingerprint density at radius 1 is 1.13 bits per heavy atom. The van der Waals surface area contributed by atoms with E-state index in [9.17, 15) is 22.4 Å². The fourth-order valence-corrected chi connectivity index (χ4v) is 3.30. The molecule has 0 aliphatic carbocycles. The number of hydrogen-bond donors (Lipinski definition) is 1. The number of fused-ring (bicyclic) bond motifs is 1. The Balaban J connectivity index is 2.02. The zero-order valence-corrected chi connectivity index (χ0v) is 16.8. The minimum absolute atomic E-state index is 0.114. The van der Waals surface area contributed by atoms with Crippen LogP contribution in [0.5, 0.6) is 0 Å². The number of benzene rings is 2. The van der Waals surface area contributed by atoms with Gasteiger partial charge in [0.25, 0.3) is 5.91 Å². The van der Waals surface area contributed by atoms with Gasteiger partial charge < -0.3 is 10.2 Å². The van der Waals surface area contributed by atoms with E-state index in [0.717, 1.165) is 12.1 Å². The third kappa shape index (κ3) is 4.76. The molecule has 3 aromatic rings. The third-order valence-corrected chi connectivity index (χ3v) is 4.68. The number of amides is 1. The zero-order valence-electron chi connectivity index (χ0n) is 16.8. The summed E-state index contributed by atoms with van der Waals surface area (Å²) in [6, 6.07) is 9.19. The minimum atomic E-state index is -4.48. The summed E-state index contributed by atoms with van der Waals surface area (Å²) in [7, 11) is 3.56. The van der Waals surface area contributed by atoms with Crippen molar-refractivity contribution in [3.8, 4) is 0 Å². The van der Waals surface area contributed by atoms with E-state index in [0.29, 0.717) is 27.8 Å². The van der Waals surface area contributed by atoms with Gasteiger partial charge in [-0.3, -0.25) is 9.78 Å². The number of aryl methyl sites for hydroxylation is 1. The van der Waals surface area contributed by atoms with Crippen molar-refractivity contribution in [2.45, 2.75) is 26.2 Å². The number of nitrogens with one attached hydrogen (secondary N) is 1. The Bertz CT molecular complexity index is 1090. The summed E-state index contributed by atoms with van der Waals surface area (Å²) in [4.78, 5) is 19.1. The number of carbonyl (C=O) groups is 1. The molecule has 1 aromatic heterocycles. The van der Waals surface area contributed by atoms with Gasteiger partial charge in [-0.25, -0.2) is 4.39 Å². The van der Waals surface area contributed by atoms with Gasteiger partial charge in [0.05, 0.1) is 22.3 Å². The van der Waals surface area contributed by atoms with Crippen molar-refractivity contribution in [1.82, 2.24) is 15.2 Å². The molecule has 0 aliphatic heterocycles. The molecule has 0 fully saturated rings. The Labute approximate surface area is 171 Å². The summed E-state index contributed by atoms with van der Waals surface area (Å²) in [6.07, 6.45) is -4.48. The van der Waals surface area contributed by atoms with Crippen molar-refractivity contribution in [2.75, 3.05) is 14.1 Å². The van der Waals surface area contributed by atoms with E-state index in [-0.39, 0.29) is 18.6 Å². The summed E-state index contributed by atoms with van der Waals surface area (Å²) >= 11 is 0. The fourth-order valence-electron chi connectivity index (χ4n) is 3.30. The highest BCUT2D eigenvalue weighted by Crippen LogP contribution is 2.33. The molecule has 0 saturated carbocycles. The summed E-state index contributed by atoms with van der Waals surface area (Å²) in [5.74, 6) is -0.818. The van der Waals surface area contributed by atoms with Crippen molar-refractivity contribution in [3.63, 3.8) is 0 Å². The van der Waals surface area contributed by atoms with Gasteiger partial charge in [-0.2, -0.15) is 13.2 Å². The van der Waals surface area contributed by atoms with Gasteiger partial charge in [0, 0.05) is 18.5 Å². The van der Waals surface area contributed by atoms with Crippen LogP contribution in [0.1, 0.15) is 32.7 Å². The molecule has 8 heteroatoms. The van der Waals surface area contributed by atoms with Crippen molar-refractivity contribution in [3.05, 3.63) is 76.2 Å². The molecule has 3 rings (SSSR count). The molecule has 2 aromatic carbocycles.